The highest BCUT2D eigenvalue weighted by Gasteiger charge is 2.28. The molecular weight excluding hydrogens is 320 g/mol. The molecule has 4 heterocycles. The number of thiazole rings is 1. The van der Waals surface area contributed by atoms with Crippen molar-refractivity contribution in [2.75, 3.05) is 11.4 Å². The third kappa shape index (κ3) is 2.49. The minimum absolute atomic E-state index is 0.00893. The van der Waals surface area contributed by atoms with Crippen LogP contribution in [0.2, 0.25) is 0 Å². The quantitative estimate of drug-likeness (QED) is 0.866. The SMILES string of the molecule is Cc1cc2c(nc1N1CCc3nc(C(C)(C)C)sc3C1)CNC2=O. The summed E-state index contributed by atoms with van der Waals surface area (Å²) in [4.78, 5) is 25.1. The minimum atomic E-state index is -0.00893. The van der Waals surface area contributed by atoms with E-state index in [1.807, 2.05) is 24.3 Å². The van der Waals surface area contributed by atoms with E-state index in [4.69, 9.17) is 9.97 Å². The van der Waals surface area contributed by atoms with Gasteiger partial charge in [-0.1, -0.05) is 20.8 Å². The summed E-state index contributed by atoms with van der Waals surface area (Å²) in [6, 6.07) is 1.97. The molecule has 24 heavy (non-hydrogen) atoms. The molecular formula is C18H22N4OS. The zero-order chi connectivity index (χ0) is 17.1. The minimum Gasteiger partial charge on any atom is -0.351 e. The van der Waals surface area contributed by atoms with Crippen LogP contribution in [0.1, 0.15) is 58.0 Å². The van der Waals surface area contributed by atoms with Crippen molar-refractivity contribution < 1.29 is 4.79 Å². The molecule has 1 amide bonds. The van der Waals surface area contributed by atoms with Gasteiger partial charge in [0, 0.05) is 23.3 Å². The largest absolute Gasteiger partial charge is 0.351 e. The van der Waals surface area contributed by atoms with Crippen LogP contribution in [-0.2, 0) is 24.9 Å². The van der Waals surface area contributed by atoms with Crippen LogP contribution in [-0.4, -0.2) is 22.4 Å². The van der Waals surface area contributed by atoms with Crippen LogP contribution in [0.4, 0.5) is 5.82 Å². The summed E-state index contributed by atoms with van der Waals surface area (Å²) < 4.78 is 0. The maximum atomic E-state index is 11.8. The second-order valence-electron chi connectivity index (χ2n) is 7.62. The van der Waals surface area contributed by atoms with E-state index in [2.05, 4.69) is 31.0 Å². The Morgan fingerprint density at radius 1 is 1.25 bits per heavy atom. The Morgan fingerprint density at radius 2 is 2.04 bits per heavy atom. The van der Waals surface area contributed by atoms with Crippen molar-refractivity contribution in [3.8, 4) is 0 Å². The predicted octanol–water partition coefficient (Wildman–Crippen LogP) is 2.95. The molecule has 0 unspecified atom stereocenters. The first-order chi connectivity index (χ1) is 11.3. The van der Waals surface area contributed by atoms with E-state index in [9.17, 15) is 4.79 Å². The van der Waals surface area contributed by atoms with Gasteiger partial charge in [0.25, 0.3) is 5.91 Å². The first-order valence-electron chi connectivity index (χ1n) is 8.35. The van der Waals surface area contributed by atoms with Crippen LogP contribution in [0.25, 0.3) is 0 Å². The fraction of sp³-hybridized carbons (Fsp3) is 0.500. The zero-order valence-corrected chi connectivity index (χ0v) is 15.4. The number of nitrogens with one attached hydrogen (secondary N) is 1. The van der Waals surface area contributed by atoms with Crippen molar-refractivity contribution in [3.05, 3.63) is 38.5 Å². The van der Waals surface area contributed by atoms with Crippen molar-refractivity contribution in [2.24, 2.45) is 0 Å². The van der Waals surface area contributed by atoms with Gasteiger partial charge in [0.15, 0.2) is 0 Å². The summed E-state index contributed by atoms with van der Waals surface area (Å²) in [5.41, 5.74) is 4.00. The van der Waals surface area contributed by atoms with Gasteiger partial charge < -0.3 is 10.2 Å². The number of rotatable bonds is 1. The monoisotopic (exact) mass is 342 g/mol. The number of anilines is 1. The Hall–Kier alpha value is -1.95. The molecule has 126 valence electrons. The summed E-state index contributed by atoms with van der Waals surface area (Å²) in [6.07, 6.45) is 0.956. The maximum Gasteiger partial charge on any atom is 0.253 e. The smallest absolute Gasteiger partial charge is 0.253 e. The van der Waals surface area contributed by atoms with E-state index in [0.717, 1.165) is 42.1 Å². The molecule has 0 radical (unpaired) electrons. The van der Waals surface area contributed by atoms with Crippen molar-refractivity contribution in [1.82, 2.24) is 15.3 Å². The van der Waals surface area contributed by atoms with Gasteiger partial charge in [-0.3, -0.25) is 4.79 Å². The molecule has 0 aliphatic carbocycles. The van der Waals surface area contributed by atoms with Gasteiger partial charge in [0.05, 0.1) is 35.0 Å². The fourth-order valence-corrected chi connectivity index (χ4v) is 4.43. The highest BCUT2D eigenvalue weighted by Crippen LogP contribution is 2.34. The Morgan fingerprint density at radius 3 is 2.79 bits per heavy atom. The maximum absolute atomic E-state index is 11.8. The number of carbonyl (C=O) groups excluding carboxylic acids is 1. The van der Waals surface area contributed by atoms with Gasteiger partial charge in [0.1, 0.15) is 5.82 Å². The van der Waals surface area contributed by atoms with Crippen LogP contribution < -0.4 is 10.2 Å². The molecule has 0 atom stereocenters. The van der Waals surface area contributed by atoms with Crippen molar-refractivity contribution in [1.29, 1.82) is 0 Å². The zero-order valence-electron chi connectivity index (χ0n) is 14.6. The van der Waals surface area contributed by atoms with Crippen molar-refractivity contribution in [2.45, 2.75) is 52.6 Å². The van der Waals surface area contributed by atoms with Crippen LogP contribution >= 0.6 is 11.3 Å². The summed E-state index contributed by atoms with van der Waals surface area (Å²) in [5.74, 6) is 0.993. The number of amides is 1. The Kier molecular flexibility index (Phi) is 3.42. The van der Waals surface area contributed by atoms with E-state index in [1.54, 1.807) is 0 Å². The van der Waals surface area contributed by atoms with Gasteiger partial charge in [-0.2, -0.15) is 0 Å². The lowest BCUT2D eigenvalue weighted by Gasteiger charge is -2.28. The predicted molar refractivity (Wildman–Crippen MR) is 95.7 cm³/mol. The summed E-state index contributed by atoms with van der Waals surface area (Å²) >= 11 is 1.83. The van der Waals surface area contributed by atoms with Crippen molar-refractivity contribution >= 4 is 23.1 Å². The third-order valence-electron chi connectivity index (χ3n) is 4.60. The molecule has 2 aromatic rings. The summed E-state index contributed by atoms with van der Waals surface area (Å²) in [5, 5.41) is 4.06. The van der Waals surface area contributed by atoms with Crippen molar-refractivity contribution in [3.63, 3.8) is 0 Å². The van der Waals surface area contributed by atoms with Crippen LogP contribution in [0, 0.1) is 6.92 Å². The van der Waals surface area contributed by atoms with Gasteiger partial charge >= 0.3 is 0 Å². The Balaban J connectivity index is 1.66. The number of fused-ring (bicyclic) bond motifs is 2. The molecule has 5 nitrogen and oxygen atoms in total. The number of aryl methyl sites for hydroxylation is 1. The summed E-state index contributed by atoms with van der Waals surface area (Å²) in [6.45, 7) is 11.0. The number of aromatic nitrogens is 2. The van der Waals surface area contributed by atoms with E-state index in [0.29, 0.717) is 6.54 Å². The molecule has 2 aliphatic heterocycles. The lowest BCUT2D eigenvalue weighted by molar-refractivity contribution is 0.0965. The lowest BCUT2D eigenvalue weighted by atomic mass is 9.98. The standard InChI is InChI=1S/C18H22N4OS/c1-10-7-11-13(8-19-16(11)23)20-15(10)22-6-5-12-14(9-22)24-17(21-12)18(2,3)4/h7H,5-6,8-9H2,1-4H3,(H,19,23). The topological polar surface area (TPSA) is 58.1 Å². The van der Waals surface area contributed by atoms with Crippen LogP contribution in [0.3, 0.4) is 0 Å². The highest BCUT2D eigenvalue weighted by atomic mass is 32.1. The number of carbonyl (C=O) groups is 1. The molecule has 0 saturated heterocycles. The second-order valence-corrected chi connectivity index (χ2v) is 8.70. The van der Waals surface area contributed by atoms with E-state index in [1.165, 1.54) is 15.6 Å². The molecule has 4 rings (SSSR count). The van der Waals surface area contributed by atoms with E-state index >= 15 is 0 Å². The molecule has 2 aliphatic rings. The average Bonchev–Trinajstić information content (AvgIpc) is 3.10. The van der Waals surface area contributed by atoms with Gasteiger partial charge in [-0.05, 0) is 18.6 Å². The van der Waals surface area contributed by atoms with Crippen LogP contribution in [0.5, 0.6) is 0 Å². The van der Waals surface area contributed by atoms with Crippen LogP contribution in [0.15, 0.2) is 6.07 Å². The molecule has 0 aromatic carbocycles. The lowest BCUT2D eigenvalue weighted by Crippen LogP contribution is -2.31. The molecule has 2 aromatic heterocycles. The normalized spacial score (nSPS) is 16.8. The van der Waals surface area contributed by atoms with Gasteiger partial charge in [0.2, 0.25) is 0 Å². The number of pyridine rings is 1. The highest BCUT2D eigenvalue weighted by molar-refractivity contribution is 7.11. The first-order valence-corrected chi connectivity index (χ1v) is 9.17. The number of nitrogens with zero attached hydrogens (tertiary/aromatic N) is 3. The molecule has 1 N–H and O–H groups in total. The molecule has 0 spiro atoms. The second kappa shape index (κ2) is 5.28. The first kappa shape index (κ1) is 15.6. The van der Waals surface area contributed by atoms with Gasteiger partial charge in [-0.15, -0.1) is 11.3 Å². The molecule has 6 heteroatoms. The van der Waals surface area contributed by atoms with E-state index < -0.39 is 0 Å². The average molecular weight is 342 g/mol. The molecule has 0 bridgehead atoms. The summed E-state index contributed by atoms with van der Waals surface area (Å²) in [7, 11) is 0. The molecule has 0 saturated carbocycles. The van der Waals surface area contributed by atoms with E-state index in [-0.39, 0.29) is 11.3 Å². The van der Waals surface area contributed by atoms with Gasteiger partial charge in [-0.25, -0.2) is 9.97 Å². The fourth-order valence-electron chi connectivity index (χ4n) is 3.25. The number of hydrogen-bond donors (Lipinski definition) is 1. The molecule has 0 fully saturated rings. The third-order valence-corrected chi connectivity index (χ3v) is 6.11. The Labute approximate surface area is 146 Å². The number of hydrogen-bond acceptors (Lipinski definition) is 5. The Bertz CT molecular complexity index is 834.